The highest BCUT2D eigenvalue weighted by Gasteiger charge is 2.38. The van der Waals surface area contributed by atoms with Crippen LogP contribution in [0.25, 0.3) is 0 Å². The van der Waals surface area contributed by atoms with Gasteiger partial charge in [-0.05, 0) is 24.6 Å². The molecular weight excluding hydrogens is 269 g/mol. The predicted octanol–water partition coefficient (Wildman–Crippen LogP) is 2.71. The van der Waals surface area contributed by atoms with Gasteiger partial charge in [-0.15, -0.1) is 0 Å². The molecule has 7 heteroatoms. The zero-order valence-electron chi connectivity index (χ0n) is 10.6. The average molecular weight is 280 g/mol. The van der Waals surface area contributed by atoms with Gasteiger partial charge >= 0.3 is 6.18 Å². The predicted molar refractivity (Wildman–Crippen MR) is 66.6 cm³/mol. The number of aromatic nitrogens is 2. The fourth-order valence-electron chi connectivity index (χ4n) is 1.87. The molecule has 1 aromatic carbocycles. The van der Waals surface area contributed by atoms with Gasteiger partial charge in [0.2, 0.25) is 0 Å². The van der Waals surface area contributed by atoms with Crippen molar-refractivity contribution in [1.29, 1.82) is 5.26 Å². The van der Waals surface area contributed by atoms with Crippen molar-refractivity contribution in [3.8, 4) is 6.07 Å². The van der Waals surface area contributed by atoms with Crippen LogP contribution in [0.2, 0.25) is 0 Å². The number of nitrogens with two attached hydrogens (primary N) is 1. The number of anilines is 1. The number of alkyl halides is 3. The van der Waals surface area contributed by atoms with Gasteiger partial charge in [0.1, 0.15) is 0 Å². The number of rotatable bonds is 2. The van der Waals surface area contributed by atoms with Gasteiger partial charge < -0.3 is 5.73 Å². The molecule has 0 fully saturated rings. The topological polar surface area (TPSA) is 67.6 Å². The summed E-state index contributed by atoms with van der Waals surface area (Å²) in [6.45, 7) is 1.37. The molecule has 2 aromatic rings. The highest BCUT2D eigenvalue weighted by atomic mass is 19.4. The molecule has 2 N–H and O–H groups in total. The second-order valence-electron chi connectivity index (χ2n) is 4.31. The van der Waals surface area contributed by atoms with Crippen molar-refractivity contribution in [2.45, 2.75) is 19.6 Å². The minimum atomic E-state index is -4.56. The Balaban J connectivity index is 2.38. The van der Waals surface area contributed by atoms with Crippen molar-refractivity contribution < 1.29 is 13.2 Å². The minimum absolute atomic E-state index is 0.0570. The van der Waals surface area contributed by atoms with Crippen LogP contribution in [0.4, 0.5) is 18.9 Å². The molecule has 0 radical (unpaired) electrons. The standard InChI is InChI=1S/C13H11F3N4/c1-8-11(18)12(13(14,15)16)20(19-8)7-10-4-2-9(6-17)3-5-10/h2-5H,7,18H2,1H3. The molecular formula is C13H11F3N4. The fraction of sp³-hybridized carbons (Fsp3) is 0.231. The number of hydrogen-bond donors (Lipinski definition) is 1. The normalized spacial score (nSPS) is 11.3. The van der Waals surface area contributed by atoms with Gasteiger partial charge in [-0.25, -0.2) is 0 Å². The van der Waals surface area contributed by atoms with Crippen LogP contribution in [0.3, 0.4) is 0 Å². The highest BCUT2D eigenvalue weighted by Crippen LogP contribution is 2.35. The average Bonchev–Trinajstić information content (AvgIpc) is 2.65. The Morgan fingerprint density at radius 1 is 1.30 bits per heavy atom. The molecule has 4 nitrogen and oxygen atoms in total. The summed E-state index contributed by atoms with van der Waals surface area (Å²) in [6.07, 6.45) is -4.56. The fourth-order valence-corrected chi connectivity index (χ4v) is 1.87. The SMILES string of the molecule is Cc1nn(Cc2ccc(C#N)cc2)c(C(F)(F)F)c1N. The Morgan fingerprint density at radius 3 is 2.40 bits per heavy atom. The number of nitrogens with zero attached hydrogens (tertiary/aromatic N) is 3. The molecule has 0 aliphatic rings. The van der Waals surface area contributed by atoms with Crippen molar-refractivity contribution in [3.05, 3.63) is 46.8 Å². The maximum Gasteiger partial charge on any atom is 0.435 e. The van der Waals surface area contributed by atoms with E-state index < -0.39 is 11.9 Å². The van der Waals surface area contributed by atoms with Crippen LogP contribution < -0.4 is 5.73 Å². The van der Waals surface area contributed by atoms with Crippen LogP contribution in [-0.2, 0) is 12.7 Å². The smallest absolute Gasteiger partial charge is 0.395 e. The maximum absolute atomic E-state index is 13.0. The lowest BCUT2D eigenvalue weighted by Gasteiger charge is -2.11. The zero-order chi connectivity index (χ0) is 14.9. The quantitative estimate of drug-likeness (QED) is 0.919. The molecule has 0 unspecified atom stereocenters. The van der Waals surface area contributed by atoms with E-state index in [9.17, 15) is 13.2 Å². The van der Waals surface area contributed by atoms with Crippen LogP contribution in [0, 0.1) is 18.3 Å². The molecule has 0 atom stereocenters. The molecule has 2 rings (SSSR count). The molecule has 0 bridgehead atoms. The Morgan fingerprint density at radius 2 is 1.90 bits per heavy atom. The third kappa shape index (κ3) is 2.59. The molecule has 0 spiro atoms. The highest BCUT2D eigenvalue weighted by molar-refractivity contribution is 5.49. The van der Waals surface area contributed by atoms with E-state index in [-0.39, 0.29) is 17.9 Å². The van der Waals surface area contributed by atoms with Gasteiger partial charge in [-0.3, -0.25) is 4.68 Å². The molecule has 0 amide bonds. The summed E-state index contributed by atoms with van der Waals surface area (Å²) in [6, 6.07) is 8.21. The van der Waals surface area contributed by atoms with Crippen molar-refractivity contribution in [3.63, 3.8) is 0 Å². The van der Waals surface area contributed by atoms with Crippen LogP contribution >= 0.6 is 0 Å². The first-order valence-corrected chi connectivity index (χ1v) is 5.72. The molecule has 0 aliphatic carbocycles. The summed E-state index contributed by atoms with van der Waals surface area (Å²) >= 11 is 0. The van der Waals surface area contributed by atoms with E-state index in [2.05, 4.69) is 5.10 Å². The van der Waals surface area contributed by atoms with Crippen LogP contribution in [0.5, 0.6) is 0 Å². The van der Waals surface area contributed by atoms with Crippen molar-refractivity contribution >= 4 is 5.69 Å². The van der Waals surface area contributed by atoms with Crippen molar-refractivity contribution in [2.24, 2.45) is 0 Å². The van der Waals surface area contributed by atoms with Gasteiger partial charge in [0.25, 0.3) is 0 Å². The third-order valence-corrected chi connectivity index (χ3v) is 2.86. The lowest BCUT2D eigenvalue weighted by Crippen LogP contribution is -2.17. The van der Waals surface area contributed by atoms with E-state index in [0.717, 1.165) is 4.68 Å². The first-order valence-electron chi connectivity index (χ1n) is 5.72. The number of benzene rings is 1. The second kappa shape index (κ2) is 4.89. The van der Waals surface area contributed by atoms with Crippen molar-refractivity contribution in [2.75, 3.05) is 5.73 Å². The molecule has 0 saturated heterocycles. The van der Waals surface area contributed by atoms with Gasteiger partial charge in [0, 0.05) is 0 Å². The monoisotopic (exact) mass is 280 g/mol. The molecule has 1 aromatic heterocycles. The number of hydrogen-bond acceptors (Lipinski definition) is 3. The van der Waals surface area contributed by atoms with Gasteiger partial charge in [-0.2, -0.15) is 23.5 Å². The second-order valence-corrected chi connectivity index (χ2v) is 4.31. The number of halogens is 3. The molecule has 20 heavy (non-hydrogen) atoms. The maximum atomic E-state index is 13.0. The first kappa shape index (κ1) is 13.9. The summed E-state index contributed by atoms with van der Waals surface area (Å²) < 4.78 is 39.7. The summed E-state index contributed by atoms with van der Waals surface area (Å²) in [5.74, 6) is 0. The molecule has 1 heterocycles. The Bertz CT molecular complexity index is 663. The Hall–Kier alpha value is -2.49. The van der Waals surface area contributed by atoms with Crippen LogP contribution in [0.1, 0.15) is 22.5 Å². The van der Waals surface area contributed by atoms with E-state index >= 15 is 0 Å². The Kier molecular flexibility index (Phi) is 3.40. The zero-order valence-corrected chi connectivity index (χ0v) is 10.6. The lowest BCUT2D eigenvalue weighted by molar-refractivity contribution is -0.143. The van der Waals surface area contributed by atoms with E-state index in [4.69, 9.17) is 11.0 Å². The van der Waals surface area contributed by atoms with Gasteiger partial charge in [-0.1, -0.05) is 12.1 Å². The number of nitriles is 1. The van der Waals surface area contributed by atoms with Gasteiger partial charge in [0.15, 0.2) is 5.69 Å². The number of nitrogen functional groups attached to an aromatic ring is 1. The van der Waals surface area contributed by atoms with E-state index in [1.165, 1.54) is 6.92 Å². The summed E-state index contributed by atoms with van der Waals surface area (Å²) in [4.78, 5) is 0. The summed E-state index contributed by atoms with van der Waals surface area (Å²) in [5, 5.41) is 12.5. The molecule has 104 valence electrons. The van der Waals surface area contributed by atoms with E-state index in [1.54, 1.807) is 24.3 Å². The van der Waals surface area contributed by atoms with Crippen LogP contribution in [0.15, 0.2) is 24.3 Å². The van der Waals surface area contributed by atoms with Crippen LogP contribution in [-0.4, -0.2) is 9.78 Å². The van der Waals surface area contributed by atoms with Gasteiger partial charge in [0.05, 0.1) is 29.6 Å². The van der Waals surface area contributed by atoms with Crippen molar-refractivity contribution in [1.82, 2.24) is 9.78 Å². The minimum Gasteiger partial charge on any atom is -0.395 e. The first-order chi connectivity index (χ1) is 9.32. The van der Waals surface area contributed by atoms with E-state index in [1.807, 2.05) is 6.07 Å². The summed E-state index contributed by atoms with van der Waals surface area (Å²) in [5.41, 5.74) is 5.34. The number of aryl methyl sites for hydroxylation is 1. The Labute approximate surface area is 113 Å². The van der Waals surface area contributed by atoms with E-state index in [0.29, 0.717) is 11.1 Å². The molecule has 0 aliphatic heterocycles. The largest absolute Gasteiger partial charge is 0.435 e. The summed E-state index contributed by atoms with van der Waals surface area (Å²) in [7, 11) is 0. The third-order valence-electron chi connectivity index (χ3n) is 2.86. The molecule has 0 saturated carbocycles. The lowest BCUT2D eigenvalue weighted by atomic mass is 10.1.